The number of nitrogens with zero attached hydrogens (tertiary/aromatic N) is 4. The van der Waals surface area contributed by atoms with Gasteiger partial charge < -0.3 is 44.6 Å². The lowest BCUT2D eigenvalue weighted by atomic mass is 9.99. The molecule has 15 heteroatoms. The molecule has 0 bridgehead atoms. The van der Waals surface area contributed by atoms with Gasteiger partial charge in [0.15, 0.2) is 0 Å². The molecule has 15 nitrogen and oxygen atoms in total. The van der Waals surface area contributed by atoms with Crippen LogP contribution in [0.5, 0.6) is 0 Å². The molecule has 4 N–H and O–H groups in total. The average Bonchev–Trinajstić information content (AvgIpc) is 4.03. The number of hydrogen-bond acceptors (Lipinski definition) is 9. The molecule has 1 aliphatic heterocycles. The molecule has 1 aliphatic rings. The maximum Gasteiger partial charge on any atom is 0.407 e. The molecule has 4 amide bonds. The second-order valence-electron chi connectivity index (χ2n) is 15.6. The summed E-state index contributed by atoms with van der Waals surface area (Å²) in [6.07, 6.45) is 2.04. The smallest absolute Gasteiger partial charge is 0.407 e. The largest absolute Gasteiger partial charge is 0.453 e. The van der Waals surface area contributed by atoms with Gasteiger partial charge in [0.05, 0.1) is 55.3 Å². The van der Waals surface area contributed by atoms with Crippen molar-refractivity contribution < 1.29 is 33.4 Å². The van der Waals surface area contributed by atoms with Gasteiger partial charge in [-0.15, -0.1) is 0 Å². The summed E-state index contributed by atoms with van der Waals surface area (Å²) in [5.74, 6) is 0.815. The predicted molar refractivity (Wildman–Crippen MR) is 225 cm³/mol. The van der Waals surface area contributed by atoms with Gasteiger partial charge in [-0.05, 0) is 80.2 Å². The Morgan fingerprint density at radius 1 is 0.864 bits per heavy atom. The van der Waals surface area contributed by atoms with Crippen molar-refractivity contribution in [1.82, 2.24) is 40.4 Å². The van der Waals surface area contributed by atoms with Crippen molar-refractivity contribution in [2.24, 2.45) is 5.92 Å². The van der Waals surface area contributed by atoms with E-state index in [1.54, 1.807) is 18.0 Å². The van der Waals surface area contributed by atoms with E-state index in [2.05, 4.69) is 57.0 Å². The molecule has 314 valence electrons. The zero-order valence-electron chi connectivity index (χ0n) is 35.3. The number of H-pyrrole nitrogens is 2. The summed E-state index contributed by atoms with van der Waals surface area (Å²) in [6, 6.07) is 16.2. The van der Waals surface area contributed by atoms with E-state index >= 15 is 0 Å². The molecule has 0 radical (unpaired) electrons. The third-order valence-corrected chi connectivity index (χ3v) is 11.3. The van der Waals surface area contributed by atoms with Gasteiger partial charge in [0.25, 0.3) is 0 Å². The van der Waals surface area contributed by atoms with E-state index in [1.807, 2.05) is 57.7 Å². The van der Waals surface area contributed by atoms with Crippen LogP contribution in [0.3, 0.4) is 0 Å². The van der Waals surface area contributed by atoms with E-state index in [0.29, 0.717) is 18.8 Å². The topological polar surface area (TPSA) is 184 Å². The lowest BCUT2D eigenvalue weighted by Gasteiger charge is -2.37. The van der Waals surface area contributed by atoms with Crippen LogP contribution in [0.4, 0.5) is 9.59 Å². The first-order valence-corrected chi connectivity index (χ1v) is 20.2. The van der Waals surface area contributed by atoms with Crippen LogP contribution in [-0.4, -0.2) is 106 Å². The molecule has 0 spiro atoms. The number of nitrogens with one attached hydrogen (secondary N) is 4. The van der Waals surface area contributed by atoms with Gasteiger partial charge in [0, 0.05) is 25.1 Å². The van der Waals surface area contributed by atoms with Gasteiger partial charge in [-0.1, -0.05) is 63.2 Å². The fraction of sp³-hybridized carbons (Fsp3) is 0.455. The summed E-state index contributed by atoms with van der Waals surface area (Å²) < 4.78 is 15.0. The summed E-state index contributed by atoms with van der Waals surface area (Å²) in [4.78, 5) is 72.1. The number of benzene rings is 3. The molecule has 6 rings (SSSR count). The number of rotatable bonds is 14. The van der Waals surface area contributed by atoms with E-state index in [9.17, 15) is 19.2 Å². The number of likely N-dealkylation sites (tertiary alicyclic amines) is 1. The quantitative estimate of drug-likeness (QED) is 0.0897. The first-order chi connectivity index (χ1) is 28.3. The summed E-state index contributed by atoms with van der Waals surface area (Å²) in [5.41, 5.74) is 5.58. The lowest BCUT2D eigenvalue weighted by molar-refractivity contribution is -0.141. The van der Waals surface area contributed by atoms with Crippen LogP contribution >= 0.6 is 0 Å². The number of imidazole rings is 2. The Kier molecular flexibility index (Phi) is 13.2. The Labute approximate surface area is 344 Å². The molecule has 5 aromatic rings. The molecular formula is C44H56N8O7. The lowest BCUT2D eigenvalue weighted by Crippen LogP contribution is -2.56. The first-order valence-electron chi connectivity index (χ1n) is 20.2. The molecule has 0 saturated carbocycles. The number of alkyl carbamates (subject to hydrolysis) is 2. The third-order valence-electron chi connectivity index (χ3n) is 11.3. The monoisotopic (exact) mass is 808 g/mol. The minimum Gasteiger partial charge on any atom is -0.453 e. The van der Waals surface area contributed by atoms with Crippen molar-refractivity contribution in [3.05, 3.63) is 72.4 Å². The third kappa shape index (κ3) is 8.89. The zero-order valence-corrected chi connectivity index (χ0v) is 35.3. The molecule has 59 heavy (non-hydrogen) atoms. The number of methoxy groups -OCH3 is 3. The van der Waals surface area contributed by atoms with Crippen LogP contribution in [0.2, 0.25) is 0 Å². The van der Waals surface area contributed by atoms with E-state index in [-0.39, 0.29) is 35.9 Å². The zero-order chi connectivity index (χ0) is 42.5. The van der Waals surface area contributed by atoms with E-state index in [4.69, 9.17) is 24.2 Å². The standard InChI is InChI=1S/C44H56N8O7/c1-10-34(52(25(4)5)42(54)37(26(6)57-7)50-44(56)59-9)39-45-23-33(47-39)28-15-13-27(14-16-28)29-17-19-31-30(22-29)18-20-32-38(31)48-40(46-32)35-12-11-21-51(35)41(53)36(24(2)3)49-43(55)58-8/h13-20,22-26,34-37H,10-12,21H2,1-9H3,(H,45,47)(H,46,48)(H,49,55)(H,50,56)/t26-,34+,35+,36+,37+/m1/s1. The van der Waals surface area contributed by atoms with Gasteiger partial charge >= 0.3 is 12.2 Å². The van der Waals surface area contributed by atoms with Gasteiger partial charge in [-0.3, -0.25) is 9.59 Å². The van der Waals surface area contributed by atoms with Crippen molar-refractivity contribution in [2.45, 2.75) is 97.1 Å². The maximum atomic E-state index is 14.0. The van der Waals surface area contributed by atoms with Gasteiger partial charge in [0.1, 0.15) is 23.7 Å². The number of fused-ring (bicyclic) bond motifs is 3. The Bertz CT molecular complexity index is 2280. The van der Waals surface area contributed by atoms with Crippen LogP contribution in [0.15, 0.2) is 60.8 Å². The molecule has 1 fully saturated rings. The van der Waals surface area contributed by atoms with E-state index in [1.165, 1.54) is 21.3 Å². The second-order valence-corrected chi connectivity index (χ2v) is 15.6. The van der Waals surface area contributed by atoms with Crippen molar-refractivity contribution >= 4 is 45.8 Å². The molecule has 3 aromatic carbocycles. The number of amides is 4. The Morgan fingerprint density at radius 2 is 1.53 bits per heavy atom. The predicted octanol–water partition coefficient (Wildman–Crippen LogP) is 7.26. The number of aromatic nitrogens is 4. The van der Waals surface area contributed by atoms with Crippen molar-refractivity contribution in [1.29, 1.82) is 0 Å². The normalized spacial score (nSPS) is 16.3. The number of carbonyl (C=O) groups excluding carboxylic acids is 4. The molecule has 1 saturated heterocycles. The second kappa shape index (κ2) is 18.3. The van der Waals surface area contributed by atoms with Crippen LogP contribution in [0.1, 0.15) is 84.5 Å². The summed E-state index contributed by atoms with van der Waals surface area (Å²) in [6.45, 7) is 12.0. The minimum atomic E-state index is -0.953. The minimum absolute atomic E-state index is 0.117. The first kappa shape index (κ1) is 42.6. The van der Waals surface area contributed by atoms with E-state index in [0.717, 1.165) is 62.9 Å². The van der Waals surface area contributed by atoms with Crippen molar-refractivity contribution in [2.75, 3.05) is 27.9 Å². The number of ether oxygens (including phenoxy) is 3. The van der Waals surface area contributed by atoms with Crippen LogP contribution in [0, 0.1) is 5.92 Å². The van der Waals surface area contributed by atoms with E-state index < -0.39 is 30.4 Å². The summed E-state index contributed by atoms with van der Waals surface area (Å²) >= 11 is 0. The number of hydrogen-bond donors (Lipinski definition) is 4. The number of aromatic amines is 2. The van der Waals surface area contributed by atoms with Gasteiger partial charge in [-0.25, -0.2) is 19.6 Å². The highest BCUT2D eigenvalue weighted by Crippen LogP contribution is 2.36. The highest BCUT2D eigenvalue weighted by molar-refractivity contribution is 6.05. The number of carbonyl (C=O) groups is 4. The van der Waals surface area contributed by atoms with Gasteiger partial charge in [-0.2, -0.15) is 0 Å². The average molecular weight is 809 g/mol. The molecule has 0 unspecified atom stereocenters. The molecule has 2 aromatic heterocycles. The summed E-state index contributed by atoms with van der Waals surface area (Å²) in [7, 11) is 4.04. The molecular weight excluding hydrogens is 753 g/mol. The van der Waals surface area contributed by atoms with Crippen molar-refractivity contribution in [3.63, 3.8) is 0 Å². The van der Waals surface area contributed by atoms with Gasteiger partial charge in [0.2, 0.25) is 11.8 Å². The Hall–Kier alpha value is -5.96. The highest BCUT2D eigenvalue weighted by atomic mass is 16.5. The van der Waals surface area contributed by atoms with Crippen molar-refractivity contribution in [3.8, 4) is 22.4 Å². The highest BCUT2D eigenvalue weighted by Gasteiger charge is 2.39. The SMILES string of the molecule is CC[C@@H](c1ncc(-c2ccc(-c3ccc4c(ccc5nc([C@@H]6CCCN6C(=O)[C@@H](NC(=O)OC)C(C)C)[nH]c54)c3)cc2)[nH]1)N(C(=O)[C@@H](NC(=O)OC)[C@@H](C)OC)C(C)C. The van der Waals surface area contributed by atoms with Crippen LogP contribution < -0.4 is 10.6 Å². The Morgan fingerprint density at radius 3 is 2.15 bits per heavy atom. The van der Waals surface area contributed by atoms with Crippen LogP contribution in [-0.2, 0) is 23.8 Å². The fourth-order valence-corrected chi connectivity index (χ4v) is 8.01. The molecule has 0 aliphatic carbocycles. The summed E-state index contributed by atoms with van der Waals surface area (Å²) in [5, 5.41) is 7.43. The molecule has 3 heterocycles. The fourth-order valence-electron chi connectivity index (χ4n) is 8.01. The Balaban J connectivity index is 1.21. The molecule has 5 atom stereocenters. The van der Waals surface area contributed by atoms with Crippen LogP contribution in [0.25, 0.3) is 44.2 Å². The maximum absolute atomic E-state index is 14.0.